The van der Waals surface area contributed by atoms with Gasteiger partial charge in [-0.05, 0) is 25.8 Å². The average molecular weight is 229 g/mol. The van der Waals surface area contributed by atoms with Crippen LogP contribution in [0.2, 0.25) is 0 Å². The van der Waals surface area contributed by atoms with Gasteiger partial charge in [0.15, 0.2) is 0 Å². The Morgan fingerprint density at radius 1 is 1.38 bits per heavy atom. The Bertz CT molecular complexity index is 193. The molecule has 94 valence electrons. The highest BCUT2D eigenvalue weighted by molar-refractivity contribution is 5.70. The molecule has 1 aliphatic carbocycles. The van der Waals surface area contributed by atoms with Crippen LogP contribution in [0.15, 0.2) is 0 Å². The van der Waals surface area contributed by atoms with Gasteiger partial charge in [-0.25, -0.2) is 4.79 Å². The van der Waals surface area contributed by atoms with E-state index < -0.39 is 0 Å². The van der Waals surface area contributed by atoms with Crippen molar-refractivity contribution in [2.24, 2.45) is 5.92 Å². The molecule has 1 saturated carbocycles. The number of hydrogen-bond donors (Lipinski definition) is 1. The van der Waals surface area contributed by atoms with Gasteiger partial charge in [-0.3, -0.25) is 0 Å². The third-order valence-electron chi connectivity index (χ3n) is 2.90. The topological polar surface area (TPSA) is 47.6 Å². The lowest BCUT2D eigenvalue weighted by atomic mass is 9.83. The lowest BCUT2D eigenvalue weighted by Crippen LogP contribution is -2.25. The predicted octanol–water partition coefficient (Wildman–Crippen LogP) is 1.35. The zero-order chi connectivity index (χ0) is 11.6. The van der Waals surface area contributed by atoms with Crippen LogP contribution in [-0.4, -0.2) is 38.9 Å². The van der Waals surface area contributed by atoms with Gasteiger partial charge in [0.1, 0.15) is 6.61 Å². The van der Waals surface area contributed by atoms with Crippen molar-refractivity contribution in [1.82, 2.24) is 5.32 Å². The molecule has 0 aromatic heterocycles. The summed E-state index contributed by atoms with van der Waals surface area (Å²) in [5.41, 5.74) is 0. The smallest absolute Gasteiger partial charge is 0.332 e. The molecular formula is C12H23NO3. The van der Waals surface area contributed by atoms with Crippen LogP contribution in [0, 0.1) is 5.92 Å². The molecule has 0 aromatic rings. The van der Waals surface area contributed by atoms with E-state index in [0.717, 1.165) is 19.0 Å². The number of carbonyl (C=O) groups is 1. The van der Waals surface area contributed by atoms with Crippen LogP contribution >= 0.6 is 0 Å². The molecule has 16 heavy (non-hydrogen) atoms. The van der Waals surface area contributed by atoms with E-state index in [-0.39, 0.29) is 12.6 Å². The van der Waals surface area contributed by atoms with Gasteiger partial charge in [-0.15, -0.1) is 0 Å². The highest BCUT2D eigenvalue weighted by Gasteiger charge is 2.15. The standard InChI is InChI=1S/C12H23NO3/c1-2-16-12(14)10-15-9-8-13-7-6-11-4-3-5-11/h11,13H,2-10H2,1H3. The number of hydrogen-bond acceptors (Lipinski definition) is 4. The maximum Gasteiger partial charge on any atom is 0.332 e. The molecule has 0 aromatic carbocycles. The third kappa shape index (κ3) is 6.08. The van der Waals surface area contributed by atoms with E-state index in [0.29, 0.717) is 13.2 Å². The van der Waals surface area contributed by atoms with Crippen molar-refractivity contribution in [2.75, 3.05) is 32.9 Å². The fraction of sp³-hybridized carbons (Fsp3) is 0.917. The number of nitrogens with one attached hydrogen (secondary N) is 1. The summed E-state index contributed by atoms with van der Waals surface area (Å²) in [5, 5.41) is 3.31. The monoisotopic (exact) mass is 229 g/mol. The Hall–Kier alpha value is -0.610. The van der Waals surface area contributed by atoms with E-state index in [2.05, 4.69) is 5.32 Å². The van der Waals surface area contributed by atoms with Gasteiger partial charge in [0.25, 0.3) is 0 Å². The van der Waals surface area contributed by atoms with Gasteiger partial charge in [0, 0.05) is 6.54 Å². The Morgan fingerprint density at radius 2 is 2.19 bits per heavy atom. The van der Waals surface area contributed by atoms with Crippen molar-refractivity contribution in [2.45, 2.75) is 32.6 Å². The highest BCUT2D eigenvalue weighted by Crippen LogP contribution is 2.28. The number of esters is 1. The molecule has 0 bridgehead atoms. The van der Waals surface area contributed by atoms with Crippen molar-refractivity contribution >= 4 is 5.97 Å². The molecule has 1 rings (SSSR count). The van der Waals surface area contributed by atoms with Crippen LogP contribution in [0.1, 0.15) is 32.6 Å². The Balaban J connectivity index is 1.75. The van der Waals surface area contributed by atoms with E-state index in [1.165, 1.54) is 25.7 Å². The second kappa shape index (κ2) is 8.53. The summed E-state index contributed by atoms with van der Waals surface area (Å²) in [6.07, 6.45) is 5.49. The minimum absolute atomic E-state index is 0.0676. The molecule has 0 spiro atoms. The lowest BCUT2D eigenvalue weighted by molar-refractivity contribution is -0.148. The molecule has 0 heterocycles. The molecule has 0 unspecified atom stereocenters. The summed E-state index contributed by atoms with van der Waals surface area (Å²) in [4.78, 5) is 10.9. The van der Waals surface area contributed by atoms with Crippen LogP contribution in [-0.2, 0) is 14.3 Å². The third-order valence-corrected chi connectivity index (χ3v) is 2.90. The van der Waals surface area contributed by atoms with Crippen molar-refractivity contribution in [3.8, 4) is 0 Å². The molecule has 0 radical (unpaired) electrons. The van der Waals surface area contributed by atoms with Gasteiger partial charge in [0.2, 0.25) is 0 Å². The van der Waals surface area contributed by atoms with E-state index in [1.807, 2.05) is 0 Å². The van der Waals surface area contributed by atoms with Crippen molar-refractivity contribution in [1.29, 1.82) is 0 Å². The van der Waals surface area contributed by atoms with Gasteiger partial charge in [-0.1, -0.05) is 19.3 Å². The van der Waals surface area contributed by atoms with Gasteiger partial charge >= 0.3 is 5.97 Å². The van der Waals surface area contributed by atoms with E-state index >= 15 is 0 Å². The summed E-state index contributed by atoms with van der Waals surface area (Å²) in [6.45, 7) is 4.73. The van der Waals surface area contributed by atoms with E-state index in [4.69, 9.17) is 9.47 Å². The number of carbonyl (C=O) groups excluding carboxylic acids is 1. The molecule has 1 aliphatic rings. The average Bonchev–Trinajstić information content (AvgIpc) is 2.19. The van der Waals surface area contributed by atoms with Gasteiger partial charge in [-0.2, -0.15) is 0 Å². The fourth-order valence-corrected chi connectivity index (χ4v) is 1.72. The summed E-state index contributed by atoms with van der Waals surface area (Å²) < 4.78 is 9.90. The fourth-order valence-electron chi connectivity index (χ4n) is 1.72. The van der Waals surface area contributed by atoms with Crippen LogP contribution in [0.3, 0.4) is 0 Å². The normalized spacial score (nSPS) is 15.8. The zero-order valence-corrected chi connectivity index (χ0v) is 10.2. The first-order valence-electron chi connectivity index (χ1n) is 6.27. The van der Waals surface area contributed by atoms with E-state index in [9.17, 15) is 4.79 Å². The molecule has 0 atom stereocenters. The van der Waals surface area contributed by atoms with Crippen LogP contribution in [0.5, 0.6) is 0 Å². The Kier molecular flexibility index (Phi) is 7.17. The molecule has 4 heteroatoms. The van der Waals surface area contributed by atoms with Crippen LogP contribution in [0.25, 0.3) is 0 Å². The SMILES string of the molecule is CCOC(=O)COCCNCCC1CCC1. The summed E-state index contributed by atoms with van der Waals surface area (Å²) in [5.74, 6) is 0.671. The zero-order valence-electron chi connectivity index (χ0n) is 10.2. The Morgan fingerprint density at radius 3 is 2.81 bits per heavy atom. The first-order chi connectivity index (χ1) is 7.83. The highest BCUT2D eigenvalue weighted by atomic mass is 16.6. The molecular weight excluding hydrogens is 206 g/mol. The van der Waals surface area contributed by atoms with Crippen molar-refractivity contribution < 1.29 is 14.3 Å². The first kappa shape index (κ1) is 13.5. The minimum Gasteiger partial charge on any atom is -0.464 e. The predicted molar refractivity (Wildman–Crippen MR) is 62.3 cm³/mol. The van der Waals surface area contributed by atoms with Crippen molar-refractivity contribution in [3.63, 3.8) is 0 Å². The first-order valence-corrected chi connectivity index (χ1v) is 6.27. The summed E-state index contributed by atoms with van der Waals surface area (Å²) in [7, 11) is 0. The maximum atomic E-state index is 10.9. The minimum atomic E-state index is -0.281. The maximum absolute atomic E-state index is 10.9. The van der Waals surface area contributed by atoms with Gasteiger partial charge in [0.05, 0.1) is 13.2 Å². The number of rotatable bonds is 9. The summed E-state index contributed by atoms with van der Waals surface area (Å²) in [6, 6.07) is 0. The van der Waals surface area contributed by atoms with Gasteiger partial charge < -0.3 is 14.8 Å². The van der Waals surface area contributed by atoms with Crippen LogP contribution in [0.4, 0.5) is 0 Å². The van der Waals surface area contributed by atoms with E-state index in [1.54, 1.807) is 6.92 Å². The largest absolute Gasteiger partial charge is 0.464 e. The molecule has 0 saturated heterocycles. The lowest BCUT2D eigenvalue weighted by Gasteiger charge is -2.25. The quantitative estimate of drug-likeness (QED) is 0.479. The van der Waals surface area contributed by atoms with Crippen LogP contribution < -0.4 is 5.32 Å². The molecule has 1 N–H and O–H groups in total. The molecule has 1 fully saturated rings. The summed E-state index contributed by atoms with van der Waals surface area (Å²) >= 11 is 0. The second-order valence-corrected chi connectivity index (χ2v) is 4.19. The van der Waals surface area contributed by atoms with Crippen molar-refractivity contribution in [3.05, 3.63) is 0 Å². The molecule has 4 nitrogen and oxygen atoms in total. The molecule has 0 aliphatic heterocycles. The molecule has 0 amide bonds. The number of ether oxygens (including phenoxy) is 2. The second-order valence-electron chi connectivity index (χ2n) is 4.19. The Labute approximate surface area is 97.7 Å².